The van der Waals surface area contributed by atoms with Crippen LogP contribution in [-0.4, -0.2) is 41.2 Å². The Bertz CT molecular complexity index is 529. The number of para-hydroxylation sites is 1. The van der Waals surface area contributed by atoms with E-state index in [1.807, 2.05) is 37.3 Å². The molecule has 0 radical (unpaired) electrons. The normalized spacial score (nSPS) is 14.1. The number of aliphatic hydroxyl groups is 1. The van der Waals surface area contributed by atoms with Gasteiger partial charge >= 0.3 is 0 Å². The van der Waals surface area contributed by atoms with E-state index >= 15 is 0 Å². The van der Waals surface area contributed by atoms with E-state index in [1.54, 1.807) is 18.7 Å². The van der Waals surface area contributed by atoms with E-state index in [-0.39, 0.29) is 12.5 Å². The summed E-state index contributed by atoms with van der Waals surface area (Å²) in [5, 5.41) is 9.88. The zero-order valence-corrected chi connectivity index (χ0v) is 12.2. The highest BCUT2D eigenvalue weighted by atomic mass is 16.5. The number of rotatable bonds is 4. The number of fused-ring (bicyclic) bond motifs is 1. The summed E-state index contributed by atoms with van der Waals surface area (Å²) in [6.45, 7) is 6.44. The molecule has 0 saturated carbocycles. The Hall–Kier alpha value is -1.81. The van der Waals surface area contributed by atoms with Crippen molar-refractivity contribution in [1.29, 1.82) is 0 Å². The molecular weight excluding hydrogens is 254 g/mol. The second-order valence-electron chi connectivity index (χ2n) is 5.63. The zero-order valence-electron chi connectivity index (χ0n) is 12.2. The van der Waals surface area contributed by atoms with Gasteiger partial charge in [-0.05, 0) is 32.9 Å². The van der Waals surface area contributed by atoms with Crippen molar-refractivity contribution < 1.29 is 14.6 Å². The highest BCUT2D eigenvalue weighted by molar-refractivity contribution is 5.99. The van der Waals surface area contributed by atoms with Crippen LogP contribution >= 0.6 is 0 Å². The van der Waals surface area contributed by atoms with Crippen LogP contribution in [0.4, 0.5) is 0 Å². The Kier molecular flexibility index (Phi) is 4.14. The van der Waals surface area contributed by atoms with Crippen LogP contribution in [0.3, 0.4) is 0 Å². The maximum atomic E-state index is 12.5. The van der Waals surface area contributed by atoms with E-state index in [2.05, 4.69) is 0 Å². The first-order valence-corrected chi connectivity index (χ1v) is 6.85. The summed E-state index contributed by atoms with van der Waals surface area (Å²) in [5.74, 6) is 0.721. The van der Waals surface area contributed by atoms with Crippen LogP contribution in [0.1, 0.15) is 26.3 Å². The first-order valence-electron chi connectivity index (χ1n) is 6.85. The Morgan fingerprint density at radius 2 is 2.10 bits per heavy atom. The molecule has 4 nitrogen and oxygen atoms in total. The molecule has 0 fully saturated rings. The molecule has 1 aliphatic rings. The topological polar surface area (TPSA) is 49.8 Å². The van der Waals surface area contributed by atoms with Crippen molar-refractivity contribution in [1.82, 2.24) is 4.90 Å². The largest absolute Gasteiger partial charge is 0.488 e. The minimum absolute atomic E-state index is 0.0795. The van der Waals surface area contributed by atoms with Crippen molar-refractivity contribution in [2.75, 3.05) is 19.7 Å². The van der Waals surface area contributed by atoms with Crippen LogP contribution in [0.15, 0.2) is 29.8 Å². The van der Waals surface area contributed by atoms with Crippen LogP contribution in [0.2, 0.25) is 0 Å². The van der Waals surface area contributed by atoms with Gasteiger partial charge in [0, 0.05) is 18.7 Å². The number of hydrogen-bond donors (Lipinski definition) is 1. The Morgan fingerprint density at radius 3 is 2.75 bits per heavy atom. The lowest BCUT2D eigenvalue weighted by molar-refractivity contribution is -0.130. The fourth-order valence-electron chi connectivity index (χ4n) is 2.24. The van der Waals surface area contributed by atoms with Crippen LogP contribution in [0.25, 0.3) is 6.08 Å². The lowest BCUT2D eigenvalue weighted by Crippen LogP contribution is -2.43. The third-order valence-corrected chi connectivity index (χ3v) is 3.15. The summed E-state index contributed by atoms with van der Waals surface area (Å²) in [7, 11) is 0. The van der Waals surface area contributed by atoms with Gasteiger partial charge < -0.3 is 14.7 Å². The van der Waals surface area contributed by atoms with Gasteiger partial charge in [0.1, 0.15) is 12.4 Å². The summed E-state index contributed by atoms with van der Waals surface area (Å²) >= 11 is 0. The number of carbonyl (C=O) groups excluding carboxylic acids is 1. The van der Waals surface area contributed by atoms with Gasteiger partial charge in [-0.1, -0.05) is 18.2 Å². The molecular formula is C16H21NO3. The van der Waals surface area contributed by atoms with Gasteiger partial charge in [-0.3, -0.25) is 4.79 Å². The van der Waals surface area contributed by atoms with Crippen LogP contribution < -0.4 is 4.74 Å². The van der Waals surface area contributed by atoms with E-state index in [4.69, 9.17) is 4.74 Å². The highest BCUT2D eigenvalue weighted by Gasteiger charge is 2.25. The van der Waals surface area contributed by atoms with E-state index in [0.717, 1.165) is 11.3 Å². The Labute approximate surface area is 119 Å². The second-order valence-corrected chi connectivity index (χ2v) is 5.63. The van der Waals surface area contributed by atoms with E-state index in [9.17, 15) is 9.90 Å². The van der Waals surface area contributed by atoms with E-state index in [0.29, 0.717) is 18.7 Å². The number of likely N-dealkylation sites (N-methyl/N-ethyl adjacent to an activating group) is 1. The molecule has 1 aliphatic heterocycles. The molecule has 1 heterocycles. The predicted molar refractivity (Wildman–Crippen MR) is 78.5 cm³/mol. The minimum atomic E-state index is -0.903. The molecule has 1 amide bonds. The average molecular weight is 275 g/mol. The quantitative estimate of drug-likeness (QED) is 0.915. The van der Waals surface area contributed by atoms with Crippen molar-refractivity contribution >= 4 is 12.0 Å². The Balaban J connectivity index is 2.19. The SMILES string of the molecule is CCN(CC(C)(C)O)C(=O)C1=Cc2ccccc2OC1. The maximum Gasteiger partial charge on any atom is 0.253 e. The van der Waals surface area contributed by atoms with Crippen molar-refractivity contribution in [3.63, 3.8) is 0 Å². The molecule has 4 heteroatoms. The van der Waals surface area contributed by atoms with Crippen molar-refractivity contribution in [3.05, 3.63) is 35.4 Å². The average Bonchev–Trinajstić information content (AvgIpc) is 2.42. The van der Waals surface area contributed by atoms with E-state index in [1.165, 1.54) is 0 Å². The first-order chi connectivity index (χ1) is 9.40. The summed E-state index contributed by atoms with van der Waals surface area (Å²) in [4.78, 5) is 14.1. The van der Waals surface area contributed by atoms with Gasteiger partial charge in [-0.25, -0.2) is 0 Å². The lowest BCUT2D eigenvalue weighted by Gasteiger charge is -2.29. The molecule has 0 aromatic heterocycles. The molecule has 0 atom stereocenters. The van der Waals surface area contributed by atoms with Gasteiger partial charge in [0.05, 0.1) is 11.2 Å². The molecule has 1 N–H and O–H groups in total. The molecule has 1 aromatic carbocycles. The Morgan fingerprint density at radius 1 is 1.40 bits per heavy atom. The summed E-state index contributed by atoms with van der Waals surface area (Å²) < 4.78 is 5.60. The van der Waals surface area contributed by atoms with Crippen LogP contribution in [0.5, 0.6) is 5.75 Å². The predicted octanol–water partition coefficient (Wildman–Crippen LogP) is 2.08. The molecule has 2 rings (SSSR count). The standard InChI is InChI=1S/C16H21NO3/c1-4-17(11-16(2,3)19)15(18)13-9-12-7-5-6-8-14(12)20-10-13/h5-9,19H,4,10-11H2,1-3H3. The fraction of sp³-hybridized carbons (Fsp3) is 0.438. The first kappa shape index (κ1) is 14.6. The molecule has 0 bridgehead atoms. The second kappa shape index (κ2) is 5.67. The summed E-state index contributed by atoms with van der Waals surface area (Å²) in [6.07, 6.45) is 1.87. The molecule has 1 aromatic rings. The molecule has 0 saturated heterocycles. The zero-order chi connectivity index (χ0) is 14.8. The van der Waals surface area contributed by atoms with Gasteiger partial charge in [0.2, 0.25) is 0 Å². The minimum Gasteiger partial charge on any atom is -0.488 e. The third-order valence-electron chi connectivity index (χ3n) is 3.15. The van der Waals surface area contributed by atoms with Crippen molar-refractivity contribution in [2.24, 2.45) is 0 Å². The molecule has 20 heavy (non-hydrogen) atoms. The number of hydrogen-bond acceptors (Lipinski definition) is 3. The summed E-state index contributed by atoms with van der Waals surface area (Å²) in [6, 6.07) is 7.64. The molecule has 0 spiro atoms. The number of nitrogens with zero attached hydrogens (tertiary/aromatic N) is 1. The maximum absolute atomic E-state index is 12.5. The number of benzene rings is 1. The van der Waals surface area contributed by atoms with Crippen LogP contribution in [0, 0.1) is 0 Å². The van der Waals surface area contributed by atoms with Gasteiger partial charge in [-0.2, -0.15) is 0 Å². The smallest absolute Gasteiger partial charge is 0.253 e. The van der Waals surface area contributed by atoms with Crippen molar-refractivity contribution in [3.8, 4) is 5.75 Å². The fourth-order valence-corrected chi connectivity index (χ4v) is 2.24. The molecule has 0 aliphatic carbocycles. The number of ether oxygens (including phenoxy) is 1. The van der Waals surface area contributed by atoms with Crippen LogP contribution in [-0.2, 0) is 4.79 Å². The van der Waals surface area contributed by atoms with Gasteiger partial charge in [-0.15, -0.1) is 0 Å². The van der Waals surface area contributed by atoms with Crippen molar-refractivity contribution in [2.45, 2.75) is 26.4 Å². The lowest BCUT2D eigenvalue weighted by atomic mass is 10.1. The molecule has 108 valence electrons. The molecule has 0 unspecified atom stereocenters. The monoisotopic (exact) mass is 275 g/mol. The highest BCUT2D eigenvalue weighted by Crippen LogP contribution is 2.26. The third kappa shape index (κ3) is 3.39. The van der Waals surface area contributed by atoms with Gasteiger partial charge in [0.15, 0.2) is 0 Å². The number of amides is 1. The van der Waals surface area contributed by atoms with E-state index < -0.39 is 5.60 Å². The summed E-state index contributed by atoms with van der Waals surface area (Å²) in [5.41, 5.74) is 0.635. The van der Waals surface area contributed by atoms with Gasteiger partial charge in [0.25, 0.3) is 5.91 Å². The number of carbonyl (C=O) groups is 1.